The molecule has 0 aliphatic carbocycles. The van der Waals surface area contributed by atoms with Crippen molar-refractivity contribution in [1.29, 1.82) is 0 Å². The maximum Gasteiger partial charge on any atom is 0.328 e. The van der Waals surface area contributed by atoms with Crippen LogP contribution in [0.2, 0.25) is 0 Å². The third kappa shape index (κ3) is 2.98. The Kier molecular flexibility index (Phi) is 4.42. The monoisotopic (exact) mass is 267 g/mol. The van der Waals surface area contributed by atoms with Crippen molar-refractivity contribution in [3.63, 3.8) is 0 Å². The minimum absolute atomic E-state index is 0.00856. The molecule has 1 rings (SSSR count). The SMILES string of the molecule is COC(=O)C(C)NC(=O)c1c(C)c(C)nn(C)c1=O. The van der Waals surface area contributed by atoms with Crippen LogP contribution in [0.3, 0.4) is 0 Å². The predicted molar refractivity (Wildman–Crippen MR) is 67.9 cm³/mol. The molecule has 0 spiro atoms. The number of aromatic nitrogens is 2. The van der Waals surface area contributed by atoms with Crippen molar-refractivity contribution in [2.75, 3.05) is 7.11 Å². The summed E-state index contributed by atoms with van der Waals surface area (Å²) in [6.07, 6.45) is 0. The molecule has 0 saturated carbocycles. The molecule has 7 nitrogen and oxygen atoms in total. The first-order valence-corrected chi connectivity index (χ1v) is 5.72. The van der Waals surface area contributed by atoms with E-state index in [4.69, 9.17) is 0 Å². The van der Waals surface area contributed by atoms with Crippen LogP contribution in [0.15, 0.2) is 4.79 Å². The molecule has 0 saturated heterocycles. The number of hydrogen-bond acceptors (Lipinski definition) is 5. The second kappa shape index (κ2) is 5.64. The number of esters is 1. The highest BCUT2D eigenvalue weighted by molar-refractivity contribution is 5.97. The number of hydrogen-bond donors (Lipinski definition) is 1. The Balaban J connectivity index is 3.14. The molecule has 1 heterocycles. The zero-order valence-electron chi connectivity index (χ0n) is 11.6. The lowest BCUT2D eigenvalue weighted by atomic mass is 10.1. The van der Waals surface area contributed by atoms with Gasteiger partial charge in [0.15, 0.2) is 0 Å². The van der Waals surface area contributed by atoms with E-state index in [1.165, 1.54) is 21.1 Å². The fraction of sp³-hybridized carbons (Fsp3) is 0.500. The number of aryl methyl sites for hydroxylation is 2. The quantitative estimate of drug-likeness (QED) is 0.758. The zero-order chi connectivity index (χ0) is 14.7. The summed E-state index contributed by atoms with van der Waals surface area (Å²) in [6.45, 7) is 4.83. The van der Waals surface area contributed by atoms with E-state index in [1.807, 2.05) is 0 Å². The largest absolute Gasteiger partial charge is 0.467 e. The third-order valence-electron chi connectivity index (χ3n) is 2.85. The van der Waals surface area contributed by atoms with Gasteiger partial charge >= 0.3 is 5.97 Å². The Hall–Kier alpha value is -2.18. The minimum atomic E-state index is -0.824. The summed E-state index contributed by atoms with van der Waals surface area (Å²) in [5.74, 6) is -1.19. The summed E-state index contributed by atoms with van der Waals surface area (Å²) in [5.41, 5.74) is 0.569. The van der Waals surface area contributed by atoms with Crippen molar-refractivity contribution < 1.29 is 14.3 Å². The van der Waals surface area contributed by atoms with Crippen molar-refractivity contribution >= 4 is 11.9 Å². The number of rotatable bonds is 3. The standard InChI is InChI=1S/C12H17N3O4/c1-6-7(2)14-15(4)11(17)9(6)10(16)13-8(3)12(18)19-5/h8H,1-5H3,(H,13,16). The van der Waals surface area contributed by atoms with Crippen LogP contribution in [0.5, 0.6) is 0 Å². The van der Waals surface area contributed by atoms with Crippen molar-refractivity contribution in [2.24, 2.45) is 7.05 Å². The second-order valence-electron chi connectivity index (χ2n) is 4.23. The second-order valence-corrected chi connectivity index (χ2v) is 4.23. The molecule has 0 aliphatic rings. The van der Waals surface area contributed by atoms with Crippen molar-refractivity contribution in [3.8, 4) is 0 Å². The van der Waals surface area contributed by atoms with Crippen LogP contribution in [0.25, 0.3) is 0 Å². The van der Waals surface area contributed by atoms with Gasteiger partial charge in [0.1, 0.15) is 11.6 Å². The first-order valence-electron chi connectivity index (χ1n) is 5.72. The Morgan fingerprint density at radius 3 is 2.47 bits per heavy atom. The van der Waals surface area contributed by atoms with Gasteiger partial charge in [0.05, 0.1) is 12.8 Å². The van der Waals surface area contributed by atoms with E-state index in [-0.39, 0.29) is 5.56 Å². The molecular formula is C12H17N3O4. The molecule has 19 heavy (non-hydrogen) atoms. The summed E-state index contributed by atoms with van der Waals surface area (Å²) >= 11 is 0. The van der Waals surface area contributed by atoms with Gasteiger partial charge < -0.3 is 10.1 Å². The van der Waals surface area contributed by atoms with E-state index in [1.54, 1.807) is 13.8 Å². The smallest absolute Gasteiger partial charge is 0.328 e. The van der Waals surface area contributed by atoms with Gasteiger partial charge in [-0.05, 0) is 26.3 Å². The number of nitrogens with zero attached hydrogens (tertiary/aromatic N) is 2. The fourth-order valence-electron chi connectivity index (χ4n) is 1.62. The van der Waals surface area contributed by atoms with Gasteiger partial charge in [-0.1, -0.05) is 0 Å². The summed E-state index contributed by atoms with van der Waals surface area (Å²) in [4.78, 5) is 35.2. The molecular weight excluding hydrogens is 250 g/mol. The van der Waals surface area contributed by atoms with Crippen molar-refractivity contribution in [3.05, 3.63) is 27.2 Å². The molecule has 1 N–H and O–H groups in total. The molecule has 7 heteroatoms. The summed E-state index contributed by atoms with van der Waals surface area (Å²) in [5, 5.41) is 6.41. The van der Waals surface area contributed by atoms with E-state index in [2.05, 4.69) is 15.2 Å². The fourth-order valence-corrected chi connectivity index (χ4v) is 1.62. The lowest BCUT2D eigenvalue weighted by Crippen LogP contribution is -2.42. The van der Waals surface area contributed by atoms with Gasteiger partial charge in [0, 0.05) is 7.05 Å². The van der Waals surface area contributed by atoms with E-state index < -0.39 is 23.5 Å². The summed E-state index contributed by atoms with van der Waals surface area (Å²) in [7, 11) is 2.70. The van der Waals surface area contributed by atoms with Crippen LogP contribution in [0, 0.1) is 13.8 Å². The number of methoxy groups -OCH3 is 1. The number of carbonyl (C=O) groups is 2. The third-order valence-corrected chi connectivity index (χ3v) is 2.85. The summed E-state index contributed by atoms with van der Waals surface area (Å²) in [6, 6.07) is -0.824. The highest BCUT2D eigenvalue weighted by Crippen LogP contribution is 2.06. The Morgan fingerprint density at radius 1 is 1.37 bits per heavy atom. The number of amides is 1. The molecule has 1 aromatic rings. The highest BCUT2D eigenvalue weighted by atomic mass is 16.5. The average molecular weight is 267 g/mol. The van der Waals surface area contributed by atoms with Gasteiger partial charge in [-0.25, -0.2) is 9.48 Å². The van der Waals surface area contributed by atoms with Crippen LogP contribution in [-0.2, 0) is 16.6 Å². The van der Waals surface area contributed by atoms with Crippen LogP contribution in [0.1, 0.15) is 28.5 Å². The number of nitrogens with one attached hydrogen (secondary N) is 1. The van der Waals surface area contributed by atoms with E-state index >= 15 is 0 Å². The molecule has 0 aliphatic heterocycles. The lowest BCUT2D eigenvalue weighted by molar-refractivity contribution is -0.142. The normalized spacial score (nSPS) is 11.8. The number of carbonyl (C=O) groups excluding carboxylic acids is 2. The van der Waals surface area contributed by atoms with Crippen molar-refractivity contribution in [2.45, 2.75) is 26.8 Å². The molecule has 0 fully saturated rings. The first kappa shape index (κ1) is 14.9. The Bertz CT molecular complexity index is 577. The van der Waals surface area contributed by atoms with E-state index in [9.17, 15) is 14.4 Å². The Morgan fingerprint density at radius 2 is 1.95 bits per heavy atom. The average Bonchev–Trinajstić information content (AvgIpc) is 2.35. The molecule has 0 bridgehead atoms. The maximum absolute atomic E-state index is 12.1. The van der Waals surface area contributed by atoms with Gasteiger partial charge in [0.25, 0.3) is 11.5 Å². The van der Waals surface area contributed by atoms with E-state index in [0.29, 0.717) is 11.3 Å². The topological polar surface area (TPSA) is 90.3 Å². The number of ether oxygens (including phenoxy) is 1. The van der Waals surface area contributed by atoms with Crippen LogP contribution in [0.4, 0.5) is 0 Å². The van der Waals surface area contributed by atoms with Gasteiger partial charge in [-0.3, -0.25) is 9.59 Å². The molecule has 0 radical (unpaired) electrons. The van der Waals surface area contributed by atoms with Crippen molar-refractivity contribution in [1.82, 2.24) is 15.1 Å². The Labute approximate surface area is 110 Å². The predicted octanol–water partition coefficient (Wildman–Crippen LogP) is -0.312. The highest BCUT2D eigenvalue weighted by Gasteiger charge is 2.22. The first-order chi connectivity index (χ1) is 8.79. The molecule has 0 aromatic carbocycles. The minimum Gasteiger partial charge on any atom is -0.467 e. The maximum atomic E-state index is 12.1. The van der Waals surface area contributed by atoms with E-state index in [0.717, 1.165) is 4.68 Å². The summed E-state index contributed by atoms with van der Waals surface area (Å²) < 4.78 is 5.60. The van der Waals surface area contributed by atoms with Crippen LogP contribution >= 0.6 is 0 Å². The van der Waals surface area contributed by atoms with Gasteiger partial charge in [-0.15, -0.1) is 0 Å². The molecule has 104 valence electrons. The van der Waals surface area contributed by atoms with Gasteiger partial charge in [0.2, 0.25) is 0 Å². The molecule has 1 amide bonds. The lowest BCUT2D eigenvalue weighted by Gasteiger charge is -2.13. The zero-order valence-corrected chi connectivity index (χ0v) is 11.6. The molecule has 1 aromatic heterocycles. The van der Waals surface area contributed by atoms with Gasteiger partial charge in [-0.2, -0.15) is 5.10 Å². The molecule has 1 unspecified atom stereocenters. The molecule has 1 atom stereocenters. The van der Waals surface area contributed by atoms with Crippen LogP contribution in [-0.4, -0.2) is 34.8 Å². The van der Waals surface area contributed by atoms with Crippen LogP contribution < -0.4 is 10.9 Å².